The minimum Gasteiger partial charge on any atom is -0.477 e. The molecule has 0 aromatic carbocycles. The van der Waals surface area contributed by atoms with Crippen LogP contribution < -0.4 is 0 Å². The first-order valence-electron chi connectivity index (χ1n) is 7.42. The molecule has 0 aliphatic rings. The largest absolute Gasteiger partial charge is 0.477 e. The third kappa shape index (κ3) is 6.44. The van der Waals surface area contributed by atoms with Crippen molar-refractivity contribution in [2.45, 2.75) is 35.5 Å². The molecule has 1 aromatic rings. The van der Waals surface area contributed by atoms with Crippen LogP contribution in [0, 0.1) is 22.7 Å². The third-order valence-corrected chi connectivity index (χ3v) is 5.14. The predicted molar refractivity (Wildman–Crippen MR) is 93.7 cm³/mol. The summed E-state index contributed by atoms with van der Waals surface area (Å²) in [6, 6.07) is 3.58. The van der Waals surface area contributed by atoms with E-state index in [1.807, 2.05) is 21.1 Å². The average Bonchev–Trinajstić information content (AvgIpc) is 2.86. The van der Waals surface area contributed by atoms with Crippen molar-refractivity contribution in [2.24, 2.45) is 0 Å². The van der Waals surface area contributed by atoms with Crippen molar-refractivity contribution in [3.8, 4) is 12.1 Å². The molecule has 1 atom stereocenters. The highest BCUT2D eigenvalue weighted by molar-refractivity contribution is 7.99. The van der Waals surface area contributed by atoms with Crippen molar-refractivity contribution in [3.05, 3.63) is 5.69 Å². The Labute approximate surface area is 150 Å². The van der Waals surface area contributed by atoms with E-state index in [4.69, 9.17) is 10.5 Å². The average molecular weight is 369 g/mol. The number of aliphatic carboxylic acids is 1. The molecule has 24 heavy (non-hydrogen) atoms. The first-order valence-corrected chi connectivity index (χ1v) is 9.39. The minimum absolute atomic E-state index is 0.299. The van der Waals surface area contributed by atoms with Crippen LogP contribution in [0.25, 0.3) is 0 Å². The summed E-state index contributed by atoms with van der Waals surface area (Å²) in [4.78, 5) is 19.3. The minimum atomic E-state index is -0.858. The van der Waals surface area contributed by atoms with E-state index in [0.29, 0.717) is 40.4 Å². The fourth-order valence-electron chi connectivity index (χ4n) is 1.97. The molecular weight excluding hydrogens is 346 g/mol. The molecule has 1 rings (SSSR count). The molecule has 0 unspecified atom stereocenters. The number of hydrogen-bond acceptors (Lipinski definition) is 6. The Morgan fingerprint density at radius 2 is 1.83 bits per heavy atom. The van der Waals surface area contributed by atoms with Crippen molar-refractivity contribution < 1.29 is 14.4 Å². The molecule has 0 amide bonds. The molecule has 0 aliphatic heterocycles. The van der Waals surface area contributed by atoms with Crippen molar-refractivity contribution in [3.63, 3.8) is 0 Å². The number of likely N-dealkylation sites (N-methyl/N-ethyl adjacent to an activating group) is 1. The van der Waals surface area contributed by atoms with E-state index in [2.05, 4.69) is 22.1 Å². The summed E-state index contributed by atoms with van der Waals surface area (Å²) in [7, 11) is 5.54. The quantitative estimate of drug-likeness (QED) is 0.369. The maximum atomic E-state index is 11.6. The number of rotatable bonds is 10. The van der Waals surface area contributed by atoms with Gasteiger partial charge in [0.2, 0.25) is 0 Å². The van der Waals surface area contributed by atoms with Crippen LogP contribution >= 0.6 is 23.5 Å². The van der Waals surface area contributed by atoms with Gasteiger partial charge in [0, 0.05) is 24.3 Å². The molecule has 0 fully saturated rings. The number of thioether (sulfide) groups is 2. The molecular formula is C15H22N5O2S2+. The molecule has 2 N–H and O–H groups in total. The molecule has 0 bridgehead atoms. The molecule has 0 aliphatic carbocycles. The Balaban J connectivity index is 2.97. The Bertz CT molecular complexity index is 640. The molecule has 9 heteroatoms. The molecule has 0 saturated carbocycles. The van der Waals surface area contributed by atoms with Gasteiger partial charge in [-0.05, 0) is 0 Å². The molecule has 1 heterocycles. The number of aromatic amines is 1. The predicted octanol–water partition coefficient (Wildman–Crippen LogP) is 2.12. The van der Waals surface area contributed by atoms with E-state index >= 15 is 0 Å². The lowest BCUT2D eigenvalue weighted by molar-refractivity contribution is -0.887. The highest BCUT2D eigenvalue weighted by Crippen LogP contribution is 2.27. The number of imidazole rings is 1. The number of carboxylic acid groups (broad SMARTS) is 1. The molecule has 7 nitrogen and oxygen atoms in total. The number of nitrogens with zero attached hydrogens (tertiary/aromatic N) is 4. The van der Waals surface area contributed by atoms with Gasteiger partial charge in [0.05, 0.1) is 45.4 Å². The van der Waals surface area contributed by atoms with Crippen LogP contribution in [-0.2, 0) is 11.2 Å². The van der Waals surface area contributed by atoms with E-state index in [9.17, 15) is 9.90 Å². The normalized spacial score (nSPS) is 12.4. The van der Waals surface area contributed by atoms with Crippen molar-refractivity contribution in [2.75, 3.05) is 32.6 Å². The van der Waals surface area contributed by atoms with Gasteiger partial charge in [-0.15, -0.1) is 11.8 Å². The SMILES string of the molecule is C[N+](C)(C)[C@@H](Cc1[nH]c(SCCC#N)nc1SCCC#N)C(=O)O. The lowest BCUT2D eigenvalue weighted by atomic mass is 10.1. The van der Waals surface area contributed by atoms with Gasteiger partial charge < -0.3 is 14.6 Å². The molecule has 130 valence electrons. The van der Waals surface area contributed by atoms with Gasteiger partial charge >= 0.3 is 5.97 Å². The first kappa shape index (κ1) is 20.4. The summed E-state index contributed by atoms with van der Waals surface area (Å²) in [5, 5.41) is 28.2. The second kappa shape index (κ2) is 9.58. The highest BCUT2D eigenvalue weighted by atomic mass is 32.2. The first-order chi connectivity index (χ1) is 11.3. The van der Waals surface area contributed by atoms with Gasteiger partial charge in [-0.1, -0.05) is 11.8 Å². The fraction of sp³-hybridized carbons (Fsp3) is 0.600. The number of nitrogens with one attached hydrogen (secondary N) is 1. The second-order valence-corrected chi connectivity index (χ2v) is 8.18. The van der Waals surface area contributed by atoms with E-state index in [1.165, 1.54) is 23.5 Å². The Hall–Kier alpha value is -1.68. The maximum Gasteiger partial charge on any atom is 0.362 e. The number of H-pyrrole nitrogens is 1. The van der Waals surface area contributed by atoms with Crippen LogP contribution in [0.1, 0.15) is 18.5 Å². The number of quaternary nitrogens is 1. The number of nitriles is 2. The topological polar surface area (TPSA) is 114 Å². The van der Waals surface area contributed by atoms with Crippen LogP contribution in [0.2, 0.25) is 0 Å². The van der Waals surface area contributed by atoms with Gasteiger partial charge in [-0.2, -0.15) is 10.5 Å². The maximum absolute atomic E-state index is 11.6. The van der Waals surface area contributed by atoms with E-state index < -0.39 is 12.0 Å². The Morgan fingerprint density at radius 1 is 1.25 bits per heavy atom. The number of aromatic nitrogens is 2. The molecule has 0 radical (unpaired) electrons. The summed E-state index contributed by atoms with van der Waals surface area (Å²) in [5.41, 5.74) is 0.776. The van der Waals surface area contributed by atoms with Crippen molar-refractivity contribution in [1.29, 1.82) is 10.5 Å². The summed E-state index contributed by atoms with van der Waals surface area (Å²) in [5.74, 6) is 0.381. The summed E-state index contributed by atoms with van der Waals surface area (Å²) in [6.45, 7) is 0. The van der Waals surface area contributed by atoms with Gasteiger partial charge in [0.1, 0.15) is 5.03 Å². The van der Waals surface area contributed by atoms with Crippen molar-refractivity contribution >= 4 is 29.5 Å². The second-order valence-electron chi connectivity index (χ2n) is 6.01. The smallest absolute Gasteiger partial charge is 0.362 e. The summed E-state index contributed by atoms with van der Waals surface area (Å²) >= 11 is 2.90. The van der Waals surface area contributed by atoms with Crippen LogP contribution in [0.5, 0.6) is 0 Å². The van der Waals surface area contributed by atoms with Crippen LogP contribution in [0.4, 0.5) is 0 Å². The van der Waals surface area contributed by atoms with Gasteiger partial charge in [0.25, 0.3) is 0 Å². The van der Waals surface area contributed by atoms with Gasteiger partial charge in [0.15, 0.2) is 11.2 Å². The summed E-state index contributed by atoms with van der Waals surface area (Å²) in [6.07, 6.45) is 1.17. The van der Waals surface area contributed by atoms with E-state index in [-0.39, 0.29) is 0 Å². The zero-order valence-corrected chi connectivity index (χ0v) is 15.7. The van der Waals surface area contributed by atoms with Crippen LogP contribution in [0.15, 0.2) is 10.2 Å². The standard InChI is InChI=1S/C15H21N5O2S2/c1-20(2,3)12(14(21)22)10-11-13(23-8-4-6-16)19-15(18-11)24-9-5-7-17/h12H,4-5,8-10H2,1-3H3,(H-,18,19,21,22)/p+1/t12-/m0/s1. The highest BCUT2D eigenvalue weighted by Gasteiger charge is 2.33. The van der Waals surface area contributed by atoms with E-state index in [0.717, 1.165) is 10.7 Å². The van der Waals surface area contributed by atoms with Gasteiger partial charge in [-0.25, -0.2) is 9.78 Å². The fourth-order valence-corrected chi connectivity index (χ4v) is 3.62. The monoisotopic (exact) mass is 368 g/mol. The zero-order chi connectivity index (χ0) is 18.2. The Kier molecular flexibility index (Phi) is 8.13. The van der Waals surface area contributed by atoms with Crippen LogP contribution in [0.3, 0.4) is 0 Å². The number of carbonyl (C=O) groups is 1. The summed E-state index contributed by atoms with van der Waals surface area (Å²) < 4.78 is 0.299. The van der Waals surface area contributed by atoms with Gasteiger partial charge in [-0.3, -0.25) is 0 Å². The molecule has 0 saturated heterocycles. The van der Waals surface area contributed by atoms with Crippen LogP contribution in [-0.4, -0.2) is 64.2 Å². The lowest BCUT2D eigenvalue weighted by Gasteiger charge is -2.30. The number of hydrogen-bond donors (Lipinski definition) is 2. The lowest BCUT2D eigenvalue weighted by Crippen LogP contribution is -2.51. The molecule has 1 aromatic heterocycles. The third-order valence-electron chi connectivity index (χ3n) is 3.24. The van der Waals surface area contributed by atoms with Crippen molar-refractivity contribution in [1.82, 2.24) is 9.97 Å². The Morgan fingerprint density at radius 3 is 2.33 bits per heavy atom. The zero-order valence-electron chi connectivity index (χ0n) is 14.1. The van der Waals surface area contributed by atoms with E-state index in [1.54, 1.807) is 0 Å². The molecule has 0 spiro atoms. The number of carboxylic acids is 1.